The van der Waals surface area contributed by atoms with E-state index in [0.717, 1.165) is 11.1 Å². The van der Waals surface area contributed by atoms with E-state index in [-0.39, 0.29) is 5.78 Å². The summed E-state index contributed by atoms with van der Waals surface area (Å²) in [6.45, 7) is 9.17. The van der Waals surface area contributed by atoms with Gasteiger partial charge in [0.15, 0.2) is 5.78 Å². The number of hydrogen-bond acceptors (Lipinski definition) is 2. The summed E-state index contributed by atoms with van der Waals surface area (Å²) in [7, 11) is 0. The lowest BCUT2D eigenvalue weighted by Gasteiger charge is -2.04. The zero-order valence-electron chi connectivity index (χ0n) is 10.1. The van der Waals surface area contributed by atoms with Crippen molar-refractivity contribution < 1.29 is 4.79 Å². The number of aryl methyl sites for hydroxylation is 1. The first kappa shape index (κ1) is 13.6. The lowest BCUT2D eigenvalue weighted by atomic mass is 10.0. The fourth-order valence-electron chi connectivity index (χ4n) is 1.23. The molecule has 82 valence electrons. The fourth-order valence-corrected chi connectivity index (χ4v) is 1.23. The molecular weight excluding hydrogens is 186 g/mol. The highest BCUT2D eigenvalue weighted by Gasteiger charge is 2.05. The second kappa shape index (κ2) is 6.12. The van der Waals surface area contributed by atoms with Crippen molar-refractivity contribution in [2.75, 3.05) is 0 Å². The van der Waals surface area contributed by atoms with E-state index in [1.807, 2.05) is 32.9 Å². The van der Waals surface area contributed by atoms with Gasteiger partial charge in [0.25, 0.3) is 0 Å². The number of benzene rings is 1. The molecule has 0 unspecified atom stereocenters. The average molecular weight is 205 g/mol. The molecule has 0 atom stereocenters. The van der Waals surface area contributed by atoms with Crippen molar-refractivity contribution in [3.8, 4) is 0 Å². The topological polar surface area (TPSA) is 40.9 Å². The van der Waals surface area contributed by atoms with Gasteiger partial charge in [-0.1, -0.05) is 26.0 Å². The molecule has 0 aromatic heterocycles. The van der Waals surface area contributed by atoms with Crippen molar-refractivity contribution >= 4 is 11.5 Å². The Kier molecular flexibility index (Phi) is 5.53. The standard InChI is InChI=1S/C11H13NO.C2H6/c1-7-4-5-10(8(2)12)6-11(7)9(3)13;1-2/h4-6,12H,1-3H3;1-2H3. The maximum Gasteiger partial charge on any atom is 0.160 e. The largest absolute Gasteiger partial charge is 0.305 e. The highest BCUT2D eigenvalue weighted by atomic mass is 16.1. The summed E-state index contributed by atoms with van der Waals surface area (Å²) in [5.74, 6) is 0.0561. The van der Waals surface area contributed by atoms with Crippen LogP contribution in [0.3, 0.4) is 0 Å². The number of ketones is 1. The SMILES string of the molecule is CC.CC(=N)c1ccc(C)c(C(C)=O)c1. The first-order valence-electron chi connectivity index (χ1n) is 5.19. The third-order valence-corrected chi connectivity index (χ3v) is 2.05. The first-order chi connectivity index (χ1) is 7.02. The zero-order valence-corrected chi connectivity index (χ0v) is 10.1. The molecule has 0 bridgehead atoms. The predicted molar refractivity (Wildman–Crippen MR) is 65.0 cm³/mol. The minimum absolute atomic E-state index is 0.0561. The van der Waals surface area contributed by atoms with Crippen LogP contribution in [0.1, 0.15) is 49.2 Å². The molecule has 1 rings (SSSR count). The van der Waals surface area contributed by atoms with Gasteiger partial charge in [-0.05, 0) is 38.0 Å². The van der Waals surface area contributed by atoms with Crippen LogP contribution >= 0.6 is 0 Å². The molecule has 1 aromatic carbocycles. The normalized spacial score (nSPS) is 8.87. The molecule has 2 heteroatoms. The van der Waals surface area contributed by atoms with Gasteiger partial charge >= 0.3 is 0 Å². The number of nitrogens with one attached hydrogen (secondary N) is 1. The molecule has 0 radical (unpaired) electrons. The Morgan fingerprint density at radius 2 is 1.73 bits per heavy atom. The minimum Gasteiger partial charge on any atom is -0.305 e. The molecule has 1 N–H and O–H groups in total. The van der Waals surface area contributed by atoms with Crippen molar-refractivity contribution in [3.05, 3.63) is 34.9 Å². The fraction of sp³-hybridized carbons (Fsp3) is 0.385. The van der Waals surface area contributed by atoms with Crippen LogP contribution in [0.25, 0.3) is 0 Å². The summed E-state index contributed by atoms with van der Waals surface area (Å²) in [5.41, 5.74) is 2.99. The highest BCUT2D eigenvalue weighted by Crippen LogP contribution is 2.12. The molecule has 0 amide bonds. The van der Waals surface area contributed by atoms with Gasteiger partial charge in [0, 0.05) is 11.3 Å². The Bertz CT molecular complexity index is 367. The van der Waals surface area contributed by atoms with Crippen LogP contribution in [0, 0.1) is 12.3 Å². The van der Waals surface area contributed by atoms with Crippen molar-refractivity contribution in [1.29, 1.82) is 5.41 Å². The number of hydrogen-bond donors (Lipinski definition) is 1. The Morgan fingerprint density at radius 1 is 1.20 bits per heavy atom. The highest BCUT2D eigenvalue weighted by molar-refractivity contribution is 6.01. The molecule has 0 spiro atoms. The number of rotatable bonds is 2. The molecule has 0 heterocycles. The average Bonchev–Trinajstić information content (AvgIpc) is 2.20. The van der Waals surface area contributed by atoms with Crippen LogP contribution in [0.4, 0.5) is 0 Å². The number of carbonyl (C=O) groups excluding carboxylic acids is 1. The third-order valence-electron chi connectivity index (χ3n) is 2.05. The molecule has 0 saturated carbocycles. The summed E-state index contributed by atoms with van der Waals surface area (Å²) < 4.78 is 0. The van der Waals surface area contributed by atoms with E-state index in [9.17, 15) is 4.79 Å². The maximum absolute atomic E-state index is 11.2. The van der Waals surface area contributed by atoms with Gasteiger partial charge in [0.1, 0.15) is 0 Å². The monoisotopic (exact) mass is 205 g/mol. The van der Waals surface area contributed by atoms with E-state index in [2.05, 4.69) is 0 Å². The molecule has 2 nitrogen and oxygen atoms in total. The second-order valence-electron chi connectivity index (χ2n) is 3.21. The predicted octanol–water partition coefficient (Wildman–Crippen LogP) is 3.61. The molecule has 15 heavy (non-hydrogen) atoms. The summed E-state index contributed by atoms with van der Waals surface area (Å²) in [6, 6.07) is 5.52. The number of carbonyl (C=O) groups is 1. The van der Waals surface area contributed by atoms with Crippen LogP contribution in [-0.2, 0) is 0 Å². The van der Waals surface area contributed by atoms with Gasteiger partial charge in [-0.2, -0.15) is 0 Å². The van der Waals surface area contributed by atoms with Gasteiger partial charge in [0.2, 0.25) is 0 Å². The lowest BCUT2D eigenvalue weighted by molar-refractivity contribution is 0.101. The van der Waals surface area contributed by atoms with Crippen molar-refractivity contribution in [2.45, 2.75) is 34.6 Å². The Labute approximate surface area is 91.8 Å². The van der Waals surface area contributed by atoms with Gasteiger partial charge in [-0.25, -0.2) is 0 Å². The minimum atomic E-state index is 0.0561. The van der Waals surface area contributed by atoms with Crippen LogP contribution in [0.15, 0.2) is 18.2 Å². The maximum atomic E-state index is 11.2. The van der Waals surface area contributed by atoms with Gasteiger partial charge in [0.05, 0.1) is 0 Å². The van der Waals surface area contributed by atoms with E-state index >= 15 is 0 Å². The smallest absolute Gasteiger partial charge is 0.160 e. The summed E-state index contributed by atoms with van der Waals surface area (Å²) in [6.07, 6.45) is 0. The van der Waals surface area contributed by atoms with Crippen molar-refractivity contribution in [1.82, 2.24) is 0 Å². The Morgan fingerprint density at radius 3 is 2.13 bits per heavy atom. The molecule has 1 aromatic rings. The quantitative estimate of drug-likeness (QED) is 0.581. The van der Waals surface area contributed by atoms with Gasteiger partial charge in [-0.15, -0.1) is 0 Å². The molecule has 0 saturated heterocycles. The third kappa shape index (κ3) is 3.66. The van der Waals surface area contributed by atoms with E-state index in [1.54, 1.807) is 19.9 Å². The lowest BCUT2D eigenvalue weighted by Crippen LogP contribution is -2.00. The molecule has 0 aliphatic heterocycles. The van der Waals surface area contributed by atoms with Gasteiger partial charge in [-0.3, -0.25) is 4.79 Å². The van der Waals surface area contributed by atoms with Crippen molar-refractivity contribution in [2.24, 2.45) is 0 Å². The zero-order chi connectivity index (χ0) is 12.0. The molecular formula is C13H19NO. The van der Waals surface area contributed by atoms with Crippen LogP contribution < -0.4 is 0 Å². The summed E-state index contributed by atoms with van der Waals surface area (Å²) in [4.78, 5) is 11.2. The molecule has 0 aliphatic rings. The van der Waals surface area contributed by atoms with E-state index in [0.29, 0.717) is 11.3 Å². The van der Waals surface area contributed by atoms with E-state index in [4.69, 9.17) is 5.41 Å². The summed E-state index contributed by atoms with van der Waals surface area (Å²) in [5, 5.41) is 7.43. The second-order valence-corrected chi connectivity index (χ2v) is 3.21. The van der Waals surface area contributed by atoms with Crippen LogP contribution in [-0.4, -0.2) is 11.5 Å². The van der Waals surface area contributed by atoms with Crippen molar-refractivity contribution in [3.63, 3.8) is 0 Å². The van der Waals surface area contributed by atoms with E-state index < -0.39 is 0 Å². The number of Topliss-reactive ketones (excluding diaryl/α,β-unsaturated/α-hetero) is 1. The van der Waals surface area contributed by atoms with E-state index in [1.165, 1.54) is 0 Å². The molecule has 0 fully saturated rings. The first-order valence-corrected chi connectivity index (χ1v) is 5.19. The van der Waals surface area contributed by atoms with Crippen LogP contribution in [0.5, 0.6) is 0 Å². The summed E-state index contributed by atoms with van der Waals surface area (Å²) >= 11 is 0. The molecule has 0 aliphatic carbocycles. The van der Waals surface area contributed by atoms with Gasteiger partial charge < -0.3 is 5.41 Å². The van der Waals surface area contributed by atoms with Crippen LogP contribution in [0.2, 0.25) is 0 Å². The Balaban J connectivity index is 0.000000921. The Hall–Kier alpha value is -1.44.